The summed E-state index contributed by atoms with van der Waals surface area (Å²) in [6.07, 6.45) is 8.20. The molecule has 8 nitrogen and oxygen atoms in total. The molecule has 1 N–H and O–H groups in total. The lowest BCUT2D eigenvalue weighted by molar-refractivity contribution is -0.141. The molecule has 166 valence electrons. The van der Waals surface area contributed by atoms with Crippen molar-refractivity contribution in [3.8, 4) is 0 Å². The van der Waals surface area contributed by atoms with Gasteiger partial charge in [0.2, 0.25) is 11.8 Å². The van der Waals surface area contributed by atoms with Crippen molar-refractivity contribution in [1.82, 2.24) is 20.0 Å². The Morgan fingerprint density at radius 3 is 2.33 bits per heavy atom. The fourth-order valence-electron chi connectivity index (χ4n) is 5.66. The quantitative estimate of drug-likeness (QED) is 0.706. The van der Waals surface area contributed by atoms with Crippen molar-refractivity contribution in [3.63, 3.8) is 0 Å². The summed E-state index contributed by atoms with van der Waals surface area (Å²) in [7, 11) is 0. The van der Waals surface area contributed by atoms with E-state index in [4.69, 9.17) is 0 Å². The van der Waals surface area contributed by atoms with Crippen molar-refractivity contribution in [3.05, 3.63) is 0 Å². The number of rotatable bonds is 4. The molecule has 4 fully saturated rings. The first-order valence-electron chi connectivity index (χ1n) is 11.6. The van der Waals surface area contributed by atoms with Crippen molar-refractivity contribution in [2.45, 2.75) is 82.7 Å². The van der Waals surface area contributed by atoms with Gasteiger partial charge in [0.1, 0.15) is 5.54 Å². The van der Waals surface area contributed by atoms with Gasteiger partial charge in [-0.05, 0) is 44.4 Å². The summed E-state index contributed by atoms with van der Waals surface area (Å²) in [5, 5.41) is 2.94. The van der Waals surface area contributed by atoms with Gasteiger partial charge in [-0.2, -0.15) is 0 Å². The highest BCUT2D eigenvalue weighted by molar-refractivity contribution is 6.07. The summed E-state index contributed by atoms with van der Waals surface area (Å²) in [4.78, 5) is 55.9. The molecule has 0 aromatic rings. The second-order valence-corrected chi connectivity index (χ2v) is 9.41. The van der Waals surface area contributed by atoms with E-state index in [1.807, 2.05) is 11.8 Å². The van der Waals surface area contributed by atoms with E-state index in [1.165, 1.54) is 17.7 Å². The van der Waals surface area contributed by atoms with Crippen LogP contribution in [0.4, 0.5) is 4.79 Å². The monoisotopic (exact) mass is 418 g/mol. The van der Waals surface area contributed by atoms with E-state index in [-0.39, 0.29) is 29.8 Å². The van der Waals surface area contributed by atoms with Gasteiger partial charge in [0.25, 0.3) is 5.91 Å². The van der Waals surface area contributed by atoms with E-state index in [9.17, 15) is 19.2 Å². The van der Waals surface area contributed by atoms with Gasteiger partial charge in [0.15, 0.2) is 0 Å². The summed E-state index contributed by atoms with van der Waals surface area (Å²) in [5.41, 5.74) is -0.891. The molecule has 0 aromatic heterocycles. The fraction of sp³-hybridized carbons (Fsp3) is 0.818. The Bertz CT molecular complexity index is 710. The second-order valence-electron chi connectivity index (χ2n) is 9.41. The number of urea groups is 1. The van der Waals surface area contributed by atoms with Crippen molar-refractivity contribution in [1.29, 1.82) is 0 Å². The number of imide groups is 1. The first-order chi connectivity index (χ1) is 14.4. The molecule has 30 heavy (non-hydrogen) atoms. The number of hydrogen-bond acceptors (Lipinski definition) is 4. The molecule has 4 aliphatic rings. The Kier molecular flexibility index (Phi) is 6.02. The van der Waals surface area contributed by atoms with Crippen molar-refractivity contribution in [2.24, 2.45) is 5.92 Å². The SMILES string of the molecule is CCC(=O)N1CCC2(CC1)NC(=O)N([C@@H]1CCCN(C(=O)CC3CCCC3)C1)C2=O. The van der Waals surface area contributed by atoms with Crippen molar-refractivity contribution < 1.29 is 19.2 Å². The molecule has 0 radical (unpaired) electrons. The van der Waals surface area contributed by atoms with E-state index < -0.39 is 5.54 Å². The molecular weight excluding hydrogens is 384 g/mol. The minimum absolute atomic E-state index is 0.0853. The van der Waals surface area contributed by atoms with Crippen LogP contribution >= 0.6 is 0 Å². The number of nitrogens with one attached hydrogen (secondary N) is 1. The van der Waals surface area contributed by atoms with Gasteiger partial charge in [-0.25, -0.2) is 4.79 Å². The van der Waals surface area contributed by atoms with E-state index in [0.717, 1.165) is 25.7 Å². The lowest BCUT2D eigenvalue weighted by atomic mass is 9.87. The minimum atomic E-state index is -0.891. The second kappa shape index (κ2) is 8.55. The van der Waals surface area contributed by atoms with E-state index in [1.54, 1.807) is 4.90 Å². The Labute approximate surface area is 178 Å². The van der Waals surface area contributed by atoms with E-state index in [0.29, 0.717) is 57.8 Å². The number of carbonyl (C=O) groups is 4. The summed E-state index contributed by atoms with van der Waals surface area (Å²) in [6.45, 7) is 3.97. The van der Waals surface area contributed by atoms with Gasteiger partial charge >= 0.3 is 6.03 Å². The zero-order chi connectivity index (χ0) is 21.3. The summed E-state index contributed by atoms with van der Waals surface area (Å²) >= 11 is 0. The summed E-state index contributed by atoms with van der Waals surface area (Å²) < 4.78 is 0. The van der Waals surface area contributed by atoms with Crippen LogP contribution < -0.4 is 5.32 Å². The molecular formula is C22H34N4O4. The maximum absolute atomic E-state index is 13.3. The van der Waals surface area contributed by atoms with Gasteiger partial charge in [-0.15, -0.1) is 0 Å². The normalized spacial score (nSPS) is 27.1. The number of likely N-dealkylation sites (tertiary alicyclic amines) is 2. The molecule has 1 atom stereocenters. The average Bonchev–Trinajstić information content (AvgIpc) is 3.34. The third-order valence-electron chi connectivity index (χ3n) is 7.52. The summed E-state index contributed by atoms with van der Waals surface area (Å²) in [5.74, 6) is 0.571. The van der Waals surface area contributed by atoms with E-state index in [2.05, 4.69) is 5.32 Å². The molecule has 3 aliphatic heterocycles. The molecule has 1 saturated carbocycles. The molecule has 1 aliphatic carbocycles. The van der Waals surface area contributed by atoms with Gasteiger partial charge < -0.3 is 15.1 Å². The van der Waals surface area contributed by atoms with Crippen LogP contribution in [-0.2, 0) is 14.4 Å². The third-order valence-corrected chi connectivity index (χ3v) is 7.52. The van der Waals surface area contributed by atoms with Crippen molar-refractivity contribution >= 4 is 23.8 Å². The molecule has 1 spiro atoms. The van der Waals surface area contributed by atoms with Crippen molar-refractivity contribution in [2.75, 3.05) is 26.2 Å². The van der Waals surface area contributed by atoms with Crippen LogP contribution in [0.15, 0.2) is 0 Å². The Morgan fingerprint density at radius 1 is 0.967 bits per heavy atom. The summed E-state index contributed by atoms with van der Waals surface area (Å²) in [6, 6.07) is -0.598. The van der Waals surface area contributed by atoms with Crippen LogP contribution in [0, 0.1) is 5.92 Å². The van der Waals surface area contributed by atoms with Gasteiger partial charge in [0, 0.05) is 39.0 Å². The largest absolute Gasteiger partial charge is 0.343 e. The zero-order valence-electron chi connectivity index (χ0n) is 18.0. The fourth-order valence-corrected chi connectivity index (χ4v) is 5.66. The molecule has 3 saturated heterocycles. The standard InChI is InChI=1S/C22H34N4O4/c1-2-18(27)24-12-9-22(10-13-24)20(29)26(21(30)23-22)17-8-5-11-25(15-17)19(28)14-16-6-3-4-7-16/h16-17H,2-15H2,1H3,(H,23,30)/t17-/m1/s1. The number of carbonyl (C=O) groups excluding carboxylic acids is 4. The maximum Gasteiger partial charge on any atom is 0.325 e. The average molecular weight is 419 g/mol. The topological polar surface area (TPSA) is 90.0 Å². The molecule has 8 heteroatoms. The zero-order valence-corrected chi connectivity index (χ0v) is 18.0. The minimum Gasteiger partial charge on any atom is -0.343 e. The van der Waals surface area contributed by atoms with Gasteiger partial charge in [-0.1, -0.05) is 19.8 Å². The molecule has 5 amide bonds. The molecule has 3 heterocycles. The molecule has 0 bridgehead atoms. The number of nitrogens with zero attached hydrogens (tertiary/aromatic N) is 3. The lowest BCUT2D eigenvalue weighted by Gasteiger charge is -2.39. The smallest absolute Gasteiger partial charge is 0.325 e. The highest BCUT2D eigenvalue weighted by Gasteiger charge is 2.54. The Morgan fingerprint density at radius 2 is 1.67 bits per heavy atom. The highest BCUT2D eigenvalue weighted by Crippen LogP contribution is 2.33. The maximum atomic E-state index is 13.3. The lowest BCUT2D eigenvalue weighted by Crippen LogP contribution is -2.57. The first-order valence-corrected chi connectivity index (χ1v) is 11.6. The first kappa shape index (κ1) is 21.1. The van der Waals surface area contributed by atoms with Crippen LogP contribution in [0.2, 0.25) is 0 Å². The van der Waals surface area contributed by atoms with Gasteiger partial charge in [-0.3, -0.25) is 19.3 Å². The number of piperidine rings is 2. The number of amides is 5. The molecule has 4 rings (SSSR count). The van der Waals surface area contributed by atoms with Crippen LogP contribution in [0.1, 0.15) is 71.1 Å². The molecule has 0 unspecified atom stereocenters. The molecule has 0 aromatic carbocycles. The van der Waals surface area contributed by atoms with E-state index >= 15 is 0 Å². The van der Waals surface area contributed by atoms with Gasteiger partial charge in [0.05, 0.1) is 6.04 Å². The predicted molar refractivity (Wildman–Crippen MR) is 110 cm³/mol. The Hall–Kier alpha value is -2.12. The van der Waals surface area contributed by atoms with Crippen LogP contribution in [0.5, 0.6) is 0 Å². The number of hydrogen-bond donors (Lipinski definition) is 1. The third kappa shape index (κ3) is 3.93. The highest BCUT2D eigenvalue weighted by atomic mass is 16.2. The van der Waals surface area contributed by atoms with Crippen LogP contribution in [-0.4, -0.2) is 76.2 Å². The Balaban J connectivity index is 1.39. The van der Waals surface area contributed by atoms with Crippen LogP contribution in [0.25, 0.3) is 0 Å². The predicted octanol–water partition coefficient (Wildman–Crippen LogP) is 1.88. The van der Waals surface area contributed by atoms with Crippen LogP contribution in [0.3, 0.4) is 0 Å².